The highest BCUT2D eigenvalue weighted by Gasteiger charge is 1.96. The molecular formula is C14H25N3. The topological polar surface area (TPSA) is 37.8 Å². The Bertz CT molecular complexity index is 310. The maximum atomic E-state index is 4.17. The molecule has 96 valence electrons. The van der Waals surface area contributed by atoms with Crippen LogP contribution in [0.2, 0.25) is 0 Å². The fourth-order valence-corrected chi connectivity index (χ4v) is 1.80. The lowest BCUT2D eigenvalue weighted by atomic mass is 10.0. The quantitative estimate of drug-likeness (QED) is 0.696. The third-order valence-electron chi connectivity index (χ3n) is 2.82. The minimum atomic E-state index is 0.845. The van der Waals surface area contributed by atoms with Crippen molar-refractivity contribution < 1.29 is 0 Å². The van der Waals surface area contributed by atoms with Gasteiger partial charge in [0, 0.05) is 18.3 Å². The van der Waals surface area contributed by atoms with Crippen LogP contribution in [-0.2, 0) is 0 Å². The smallest absolute Gasteiger partial charge is 0.129 e. The molecule has 0 saturated heterocycles. The molecule has 0 aromatic carbocycles. The Morgan fingerprint density at radius 1 is 1.12 bits per heavy atom. The van der Waals surface area contributed by atoms with Crippen LogP contribution in [0.4, 0.5) is 5.82 Å². The predicted octanol–water partition coefficient (Wildman–Crippen LogP) is 3.80. The second kappa shape index (κ2) is 8.04. The molecule has 0 aliphatic carbocycles. The zero-order valence-electron chi connectivity index (χ0n) is 11.4. The van der Waals surface area contributed by atoms with Gasteiger partial charge in [0.25, 0.3) is 0 Å². The number of aromatic nitrogens is 2. The van der Waals surface area contributed by atoms with Gasteiger partial charge in [-0.3, -0.25) is 0 Å². The van der Waals surface area contributed by atoms with Crippen molar-refractivity contribution in [2.45, 2.75) is 52.9 Å². The lowest BCUT2D eigenvalue weighted by molar-refractivity contribution is 0.523. The average molecular weight is 235 g/mol. The summed E-state index contributed by atoms with van der Waals surface area (Å²) in [6.07, 6.45) is 8.22. The van der Waals surface area contributed by atoms with E-state index in [0.29, 0.717) is 0 Å². The van der Waals surface area contributed by atoms with Gasteiger partial charge in [-0.05, 0) is 19.3 Å². The fourth-order valence-electron chi connectivity index (χ4n) is 1.80. The third-order valence-corrected chi connectivity index (χ3v) is 2.82. The Kier molecular flexibility index (Phi) is 6.60. The predicted molar refractivity (Wildman–Crippen MR) is 73.2 cm³/mol. The van der Waals surface area contributed by atoms with Crippen LogP contribution in [0.3, 0.4) is 0 Å². The molecule has 0 aliphatic heterocycles. The van der Waals surface area contributed by atoms with Crippen molar-refractivity contribution in [3.63, 3.8) is 0 Å². The van der Waals surface area contributed by atoms with Gasteiger partial charge in [0.05, 0.1) is 0 Å². The number of hydrogen-bond acceptors (Lipinski definition) is 3. The van der Waals surface area contributed by atoms with Crippen molar-refractivity contribution in [3.8, 4) is 0 Å². The summed E-state index contributed by atoms with van der Waals surface area (Å²) in [5.74, 6) is 1.79. The molecule has 0 atom stereocenters. The van der Waals surface area contributed by atoms with E-state index in [1.54, 1.807) is 6.33 Å². The van der Waals surface area contributed by atoms with Crippen LogP contribution in [0, 0.1) is 12.8 Å². The molecule has 3 heteroatoms. The molecule has 1 rings (SSSR count). The molecular weight excluding hydrogens is 210 g/mol. The lowest BCUT2D eigenvalue weighted by Crippen LogP contribution is -2.03. The summed E-state index contributed by atoms with van der Waals surface area (Å²) < 4.78 is 0. The van der Waals surface area contributed by atoms with Crippen molar-refractivity contribution in [3.05, 3.63) is 18.1 Å². The van der Waals surface area contributed by atoms with E-state index in [-0.39, 0.29) is 0 Å². The number of hydrogen-bond donors (Lipinski definition) is 1. The number of rotatable bonds is 8. The summed E-state index contributed by atoms with van der Waals surface area (Å²) in [4.78, 5) is 8.25. The van der Waals surface area contributed by atoms with Gasteiger partial charge in [0.2, 0.25) is 0 Å². The molecule has 0 aliphatic rings. The summed E-state index contributed by atoms with van der Waals surface area (Å²) in [7, 11) is 0. The summed E-state index contributed by atoms with van der Waals surface area (Å²) in [5.41, 5.74) is 1.01. The first kappa shape index (κ1) is 13.9. The zero-order valence-corrected chi connectivity index (χ0v) is 11.4. The second-order valence-electron chi connectivity index (χ2n) is 5.07. The largest absolute Gasteiger partial charge is 0.370 e. The maximum Gasteiger partial charge on any atom is 0.129 e. The molecule has 0 saturated carbocycles. The zero-order chi connectivity index (χ0) is 12.5. The number of anilines is 1. The van der Waals surface area contributed by atoms with Crippen molar-refractivity contribution in [2.24, 2.45) is 5.92 Å². The molecule has 0 radical (unpaired) electrons. The van der Waals surface area contributed by atoms with Crippen LogP contribution >= 0.6 is 0 Å². The van der Waals surface area contributed by atoms with Crippen molar-refractivity contribution in [1.82, 2.24) is 9.97 Å². The van der Waals surface area contributed by atoms with E-state index in [1.807, 2.05) is 13.0 Å². The molecule has 0 bridgehead atoms. The number of aryl methyl sites for hydroxylation is 1. The van der Waals surface area contributed by atoms with Gasteiger partial charge >= 0.3 is 0 Å². The van der Waals surface area contributed by atoms with Gasteiger partial charge in [0.15, 0.2) is 0 Å². The first-order chi connectivity index (χ1) is 8.18. The third kappa shape index (κ3) is 6.93. The molecule has 0 fully saturated rings. The normalized spacial score (nSPS) is 10.8. The van der Waals surface area contributed by atoms with Gasteiger partial charge < -0.3 is 5.32 Å². The van der Waals surface area contributed by atoms with Gasteiger partial charge in [-0.15, -0.1) is 0 Å². The van der Waals surface area contributed by atoms with E-state index in [9.17, 15) is 0 Å². The minimum Gasteiger partial charge on any atom is -0.370 e. The van der Waals surface area contributed by atoms with Crippen LogP contribution in [0.15, 0.2) is 12.4 Å². The van der Waals surface area contributed by atoms with E-state index in [4.69, 9.17) is 0 Å². The van der Waals surface area contributed by atoms with Gasteiger partial charge in [-0.1, -0.05) is 39.5 Å². The molecule has 1 N–H and O–H groups in total. The van der Waals surface area contributed by atoms with Crippen molar-refractivity contribution in [2.75, 3.05) is 11.9 Å². The average Bonchev–Trinajstić information content (AvgIpc) is 2.27. The summed E-state index contributed by atoms with van der Waals surface area (Å²) >= 11 is 0. The molecule has 17 heavy (non-hydrogen) atoms. The SMILES string of the molecule is Cc1cc(NCCCCCCC(C)C)ncn1. The molecule has 1 heterocycles. The van der Waals surface area contributed by atoms with Gasteiger partial charge in [-0.25, -0.2) is 9.97 Å². The second-order valence-corrected chi connectivity index (χ2v) is 5.07. The summed E-state index contributed by atoms with van der Waals surface area (Å²) in [5, 5.41) is 3.33. The summed E-state index contributed by atoms with van der Waals surface area (Å²) in [6.45, 7) is 7.58. The number of unbranched alkanes of at least 4 members (excludes halogenated alkanes) is 3. The molecule has 0 spiro atoms. The Morgan fingerprint density at radius 3 is 2.59 bits per heavy atom. The Hall–Kier alpha value is -1.12. The molecule has 0 amide bonds. The van der Waals surface area contributed by atoms with Gasteiger partial charge in [-0.2, -0.15) is 0 Å². The summed E-state index contributed by atoms with van der Waals surface area (Å²) in [6, 6.07) is 1.98. The van der Waals surface area contributed by atoms with Crippen LogP contribution in [0.25, 0.3) is 0 Å². The molecule has 0 unspecified atom stereocenters. The lowest BCUT2D eigenvalue weighted by Gasteiger charge is -2.06. The number of nitrogens with one attached hydrogen (secondary N) is 1. The van der Waals surface area contributed by atoms with Crippen LogP contribution < -0.4 is 5.32 Å². The Balaban J connectivity index is 2.01. The molecule has 3 nitrogen and oxygen atoms in total. The van der Waals surface area contributed by atoms with E-state index in [1.165, 1.54) is 32.1 Å². The minimum absolute atomic E-state index is 0.845. The number of nitrogens with zero attached hydrogens (tertiary/aromatic N) is 2. The van der Waals surface area contributed by atoms with E-state index >= 15 is 0 Å². The Morgan fingerprint density at radius 2 is 1.88 bits per heavy atom. The van der Waals surface area contributed by atoms with Crippen LogP contribution in [0.5, 0.6) is 0 Å². The highest BCUT2D eigenvalue weighted by Crippen LogP contribution is 2.09. The first-order valence-corrected chi connectivity index (χ1v) is 6.71. The Labute approximate surface area is 105 Å². The van der Waals surface area contributed by atoms with E-state index in [2.05, 4.69) is 29.1 Å². The van der Waals surface area contributed by atoms with Crippen LogP contribution in [0.1, 0.15) is 51.6 Å². The van der Waals surface area contributed by atoms with Gasteiger partial charge in [0.1, 0.15) is 12.1 Å². The highest BCUT2D eigenvalue weighted by atomic mass is 15.0. The standard InChI is InChI=1S/C14H25N3/c1-12(2)8-6-4-5-7-9-15-14-10-13(3)16-11-17-14/h10-12H,4-9H2,1-3H3,(H,15,16,17). The van der Waals surface area contributed by atoms with E-state index < -0.39 is 0 Å². The van der Waals surface area contributed by atoms with Crippen molar-refractivity contribution in [1.29, 1.82) is 0 Å². The highest BCUT2D eigenvalue weighted by molar-refractivity contribution is 5.33. The molecule has 1 aromatic heterocycles. The fraction of sp³-hybridized carbons (Fsp3) is 0.714. The monoisotopic (exact) mass is 235 g/mol. The van der Waals surface area contributed by atoms with Crippen molar-refractivity contribution >= 4 is 5.82 Å². The first-order valence-electron chi connectivity index (χ1n) is 6.71. The maximum absolute atomic E-state index is 4.17. The molecule has 1 aromatic rings. The van der Waals surface area contributed by atoms with Crippen LogP contribution in [-0.4, -0.2) is 16.5 Å². The van der Waals surface area contributed by atoms with E-state index in [0.717, 1.165) is 24.0 Å².